The summed E-state index contributed by atoms with van der Waals surface area (Å²) >= 11 is 0. The second-order valence-corrected chi connectivity index (χ2v) is 28.5. The van der Waals surface area contributed by atoms with Crippen LogP contribution in [0.15, 0.2) is 346 Å². The minimum absolute atomic E-state index is 0.0204. The van der Waals surface area contributed by atoms with Crippen LogP contribution in [-0.4, -0.2) is 68.9 Å². The van der Waals surface area contributed by atoms with E-state index in [9.17, 15) is 5.26 Å². The molecule has 0 unspecified atom stereocenters. The maximum absolute atomic E-state index is 16.8. The van der Waals surface area contributed by atoms with Gasteiger partial charge < -0.3 is 9.13 Å². The number of rotatable bonds is 15. The molecule has 0 amide bonds. The van der Waals surface area contributed by atoms with Gasteiger partial charge in [-0.3, -0.25) is 0 Å². The standard InChI is InChI=1S/C99H57F6N15/c100-98(101,102)72-45-46-73(78(57-72)99(103,104)105)85-83(119-79-47-41-68(94-111-86(60-25-9-1-10-26-60)107-87(112-94)61-27-11-2-12-28-61)53-74(79)75-54-69(42-48-80(75)119)95-113-88(62-29-13-3-14-30-62)108-89(114-95)63-31-15-4-16-32-63)51-59(58-106)52-84(85)120-81-49-43-70(96-115-90(64-33-17-5-18-34-64)109-91(116-96)65-35-19-6-20-36-65)55-76(81)77-56-71(44-50-82(77)120)97-117-92(66-37-21-7-22-38-66)110-93(118-97)67-39-23-8-24-40-67/h1-57H. The van der Waals surface area contributed by atoms with Gasteiger partial charge in [0, 0.05) is 93.9 Å². The van der Waals surface area contributed by atoms with Crippen molar-refractivity contribution in [3.05, 3.63) is 362 Å². The van der Waals surface area contributed by atoms with Crippen LogP contribution in [0.1, 0.15) is 16.7 Å². The van der Waals surface area contributed by atoms with Crippen LogP contribution in [0.2, 0.25) is 0 Å². The molecule has 20 aromatic rings. The molecule has 0 atom stereocenters. The Labute approximate surface area is 680 Å². The van der Waals surface area contributed by atoms with Crippen LogP contribution >= 0.6 is 0 Å². The van der Waals surface area contributed by atoms with Gasteiger partial charge in [-0.2, -0.15) is 31.6 Å². The van der Waals surface area contributed by atoms with Crippen molar-refractivity contribution >= 4 is 43.6 Å². The third-order valence-electron chi connectivity index (χ3n) is 21.0. The molecule has 15 nitrogen and oxygen atoms in total. The predicted octanol–water partition coefficient (Wildman–Crippen LogP) is 24.2. The van der Waals surface area contributed by atoms with Crippen LogP contribution in [0.25, 0.3) is 203 Å². The Balaban J connectivity index is 0.891. The van der Waals surface area contributed by atoms with Crippen LogP contribution in [0.4, 0.5) is 26.3 Å². The summed E-state index contributed by atoms with van der Waals surface area (Å²) in [6, 6.07) is 105. The van der Waals surface area contributed by atoms with Crippen LogP contribution in [0.5, 0.6) is 0 Å². The van der Waals surface area contributed by atoms with Gasteiger partial charge in [0.25, 0.3) is 0 Å². The third-order valence-corrected chi connectivity index (χ3v) is 21.0. The van der Waals surface area contributed by atoms with E-state index in [1.54, 1.807) is 57.7 Å². The third kappa shape index (κ3) is 13.7. The first-order valence-corrected chi connectivity index (χ1v) is 38.2. The summed E-state index contributed by atoms with van der Waals surface area (Å²) in [5, 5.41) is 13.8. The van der Waals surface area contributed by atoms with E-state index in [0.29, 0.717) is 163 Å². The zero-order valence-electron chi connectivity index (χ0n) is 62.9. The van der Waals surface area contributed by atoms with E-state index in [0.717, 1.165) is 6.07 Å². The second-order valence-electron chi connectivity index (χ2n) is 28.5. The van der Waals surface area contributed by atoms with Gasteiger partial charge in [0.2, 0.25) is 0 Å². The van der Waals surface area contributed by atoms with Crippen molar-refractivity contribution in [2.24, 2.45) is 0 Å². The van der Waals surface area contributed by atoms with Crippen LogP contribution in [0, 0.1) is 11.3 Å². The van der Waals surface area contributed by atoms with E-state index in [4.69, 9.17) is 59.8 Å². The lowest BCUT2D eigenvalue weighted by Gasteiger charge is -2.24. The number of halogens is 6. The molecular formula is C99H57F6N15. The van der Waals surface area contributed by atoms with Crippen molar-refractivity contribution in [3.8, 4) is 165 Å². The summed E-state index contributed by atoms with van der Waals surface area (Å²) in [7, 11) is 0. The molecule has 0 aliphatic rings. The fourth-order valence-electron chi connectivity index (χ4n) is 15.4. The summed E-state index contributed by atoms with van der Waals surface area (Å²) in [4.78, 5) is 60.9. The van der Waals surface area contributed by atoms with Crippen molar-refractivity contribution in [3.63, 3.8) is 0 Å². The number of fused-ring (bicyclic) bond motifs is 6. The molecule has 0 fully saturated rings. The Morgan fingerprint density at radius 3 is 0.642 bits per heavy atom. The topological polar surface area (TPSA) is 188 Å². The van der Waals surface area contributed by atoms with Gasteiger partial charge in [-0.25, -0.2) is 59.8 Å². The number of alkyl halides is 6. The van der Waals surface area contributed by atoms with E-state index in [1.165, 1.54) is 12.1 Å². The zero-order chi connectivity index (χ0) is 81.2. The van der Waals surface area contributed by atoms with Gasteiger partial charge in [0.05, 0.1) is 56.2 Å². The Morgan fingerprint density at radius 2 is 0.442 bits per heavy atom. The summed E-state index contributed by atoms with van der Waals surface area (Å²) in [5.74, 6) is 4.13. The SMILES string of the molecule is N#Cc1cc(-n2c3ccc(-c4nc(-c5ccccc5)nc(-c5ccccc5)n4)cc3c3cc(-c4nc(-c5ccccc5)nc(-c5ccccc5)n4)ccc32)c(-c2ccc(C(F)(F)F)cc2C(F)(F)F)c(-n2c3ccc(-c4nc(-c5ccccc5)nc(-c5ccccc5)n4)cc3c3cc(-c4nc(-c5ccccc5)nc(-c5ccccc5)n4)ccc32)c1. The highest BCUT2D eigenvalue weighted by atomic mass is 19.4. The van der Waals surface area contributed by atoms with Crippen molar-refractivity contribution < 1.29 is 26.3 Å². The second kappa shape index (κ2) is 29.9. The van der Waals surface area contributed by atoms with Crippen LogP contribution in [-0.2, 0) is 12.4 Å². The fourth-order valence-corrected chi connectivity index (χ4v) is 15.4. The minimum atomic E-state index is -5.44. The summed E-state index contributed by atoms with van der Waals surface area (Å²) in [5.41, 5.74) is 5.22. The minimum Gasteiger partial charge on any atom is -0.308 e. The molecule has 21 heteroatoms. The van der Waals surface area contributed by atoms with E-state index in [2.05, 4.69) is 6.07 Å². The highest BCUT2D eigenvalue weighted by molar-refractivity contribution is 6.14. The number of nitrogens with zero attached hydrogens (tertiary/aromatic N) is 15. The monoisotopic (exact) mass is 1570 g/mol. The maximum Gasteiger partial charge on any atom is 0.417 e. The predicted molar refractivity (Wildman–Crippen MR) is 454 cm³/mol. The Bertz CT molecular complexity index is 6430. The van der Waals surface area contributed by atoms with Gasteiger partial charge in [0.1, 0.15) is 0 Å². The molecule has 0 spiro atoms. The first-order chi connectivity index (χ1) is 58.7. The molecule has 0 aliphatic carbocycles. The van der Waals surface area contributed by atoms with Crippen molar-refractivity contribution in [2.45, 2.75) is 12.4 Å². The lowest BCUT2D eigenvalue weighted by molar-refractivity contribution is -0.142. The fraction of sp³-hybridized carbons (Fsp3) is 0.0202. The van der Waals surface area contributed by atoms with Crippen LogP contribution in [0.3, 0.4) is 0 Å². The summed E-state index contributed by atoms with van der Waals surface area (Å²) in [6.45, 7) is 0. The molecule has 6 aromatic heterocycles. The quantitative estimate of drug-likeness (QED) is 0.0883. The molecule has 14 aromatic carbocycles. The largest absolute Gasteiger partial charge is 0.417 e. The highest BCUT2D eigenvalue weighted by Gasteiger charge is 2.40. The lowest BCUT2D eigenvalue weighted by Crippen LogP contribution is -2.14. The molecule has 0 N–H and O–H groups in total. The smallest absolute Gasteiger partial charge is 0.308 e. The number of aromatic nitrogens is 14. The van der Waals surface area contributed by atoms with Crippen LogP contribution < -0.4 is 0 Å². The molecule has 570 valence electrons. The lowest BCUT2D eigenvalue weighted by atomic mass is 9.92. The number of hydrogen-bond donors (Lipinski definition) is 0. The molecule has 0 bridgehead atoms. The average molecular weight is 1570 g/mol. The molecule has 6 heterocycles. The van der Waals surface area contributed by atoms with E-state index in [-0.39, 0.29) is 51.9 Å². The Kier molecular flexibility index (Phi) is 18.1. The average Bonchev–Trinajstić information content (AvgIpc) is 1.53. The Morgan fingerprint density at radius 1 is 0.225 bits per heavy atom. The summed E-state index contributed by atoms with van der Waals surface area (Å²) < 4.78 is 99.9. The number of nitriles is 1. The maximum atomic E-state index is 16.8. The van der Waals surface area contributed by atoms with Gasteiger partial charge in [-0.05, 0) is 103 Å². The van der Waals surface area contributed by atoms with Gasteiger partial charge in [-0.15, -0.1) is 0 Å². The number of hydrogen-bond acceptors (Lipinski definition) is 13. The molecule has 20 rings (SSSR count). The van der Waals surface area contributed by atoms with Gasteiger partial charge in [-0.1, -0.05) is 249 Å². The van der Waals surface area contributed by atoms with Gasteiger partial charge >= 0.3 is 12.4 Å². The van der Waals surface area contributed by atoms with E-state index < -0.39 is 29.0 Å². The molecule has 0 aliphatic heterocycles. The van der Waals surface area contributed by atoms with Gasteiger partial charge in [0.15, 0.2) is 69.9 Å². The van der Waals surface area contributed by atoms with E-state index >= 15 is 26.3 Å². The molecule has 120 heavy (non-hydrogen) atoms. The molecule has 0 radical (unpaired) electrons. The normalized spacial score (nSPS) is 11.7. The first-order valence-electron chi connectivity index (χ1n) is 38.2. The molecular weight excluding hydrogens is 1510 g/mol. The van der Waals surface area contributed by atoms with E-state index in [1.807, 2.05) is 267 Å². The Hall–Kier alpha value is -16.2. The highest BCUT2D eigenvalue weighted by Crippen LogP contribution is 2.50. The van der Waals surface area contributed by atoms with Crippen molar-refractivity contribution in [2.75, 3.05) is 0 Å². The first kappa shape index (κ1) is 72.7. The van der Waals surface area contributed by atoms with Crippen molar-refractivity contribution in [1.29, 1.82) is 5.26 Å². The summed E-state index contributed by atoms with van der Waals surface area (Å²) in [6.07, 6.45) is -10.7. The zero-order valence-corrected chi connectivity index (χ0v) is 62.9. The molecule has 0 saturated carbocycles. The number of benzene rings is 14. The van der Waals surface area contributed by atoms with Crippen molar-refractivity contribution in [1.82, 2.24) is 68.9 Å². The molecule has 0 saturated heterocycles.